The molecule has 2 aliphatic rings. The van der Waals surface area contributed by atoms with Crippen molar-refractivity contribution in [2.75, 3.05) is 16.8 Å². The molecule has 2 atom stereocenters. The van der Waals surface area contributed by atoms with E-state index < -0.39 is 11.8 Å². The van der Waals surface area contributed by atoms with Crippen LogP contribution in [0.2, 0.25) is 0 Å². The van der Waals surface area contributed by atoms with Crippen LogP contribution in [0.25, 0.3) is 10.8 Å². The minimum atomic E-state index is -0.431. The lowest BCUT2D eigenvalue weighted by Gasteiger charge is -2.40. The third kappa shape index (κ3) is 3.53. The zero-order valence-electron chi connectivity index (χ0n) is 19.8. The third-order valence-electron chi connectivity index (χ3n) is 7.12. The van der Waals surface area contributed by atoms with E-state index >= 15 is 0 Å². The Kier molecular flexibility index (Phi) is 5.29. The van der Waals surface area contributed by atoms with Gasteiger partial charge in [0.15, 0.2) is 0 Å². The Labute approximate surface area is 209 Å². The molecule has 1 N–H and O–H groups in total. The maximum atomic E-state index is 13.7. The molecule has 0 unspecified atom stereocenters. The van der Waals surface area contributed by atoms with E-state index in [4.69, 9.17) is 0 Å². The standard InChI is InChI=1S/C30H25N3O3/c1-19-17-25(31-21-11-3-2-4-12-21)22-13-5-6-16-26(22)33(19)27(34)18-32-29(35)23-14-7-9-20-10-8-15-24(28(20)23)30(32)36/h2-16,19,25,31H,17-18H2,1H3/t19-,25+/m1/s1. The Morgan fingerprint density at radius 2 is 1.47 bits per heavy atom. The quantitative estimate of drug-likeness (QED) is 0.401. The van der Waals surface area contributed by atoms with Crippen LogP contribution < -0.4 is 10.2 Å². The highest BCUT2D eigenvalue weighted by Crippen LogP contribution is 2.39. The summed E-state index contributed by atoms with van der Waals surface area (Å²) in [5.74, 6) is -1.14. The third-order valence-corrected chi connectivity index (χ3v) is 7.12. The van der Waals surface area contributed by atoms with Crippen LogP contribution in [-0.4, -0.2) is 35.2 Å². The zero-order valence-corrected chi connectivity index (χ0v) is 19.8. The molecule has 6 nitrogen and oxygen atoms in total. The van der Waals surface area contributed by atoms with E-state index in [0.29, 0.717) is 22.9 Å². The molecule has 2 heterocycles. The van der Waals surface area contributed by atoms with E-state index in [1.54, 1.807) is 29.2 Å². The minimum absolute atomic E-state index is 0.0328. The molecule has 178 valence electrons. The second kappa shape index (κ2) is 8.64. The van der Waals surface area contributed by atoms with E-state index in [9.17, 15) is 14.4 Å². The van der Waals surface area contributed by atoms with Crippen LogP contribution in [0.4, 0.5) is 11.4 Å². The highest BCUT2D eigenvalue weighted by molar-refractivity contribution is 6.26. The fraction of sp³-hybridized carbons (Fsp3) is 0.167. The number of imide groups is 1. The molecule has 3 amide bonds. The van der Waals surface area contributed by atoms with Crippen LogP contribution in [0.3, 0.4) is 0 Å². The first-order valence-electron chi connectivity index (χ1n) is 12.1. The summed E-state index contributed by atoms with van der Waals surface area (Å²) in [5.41, 5.74) is 3.74. The van der Waals surface area contributed by atoms with Crippen molar-refractivity contribution in [3.05, 3.63) is 108 Å². The molecule has 4 aromatic carbocycles. The van der Waals surface area contributed by atoms with Crippen LogP contribution in [-0.2, 0) is 4.79 Å². The van der Waals surface area contributed by atoms with Crippen LogP contribution in [0.15, 0.2) is 91.0 Å². The lowest BCUT2D eigenvalue weighted by molar-refractivity contribution is -0.119. The van der Waals surface area contributed by atoms with Crippen LogP contribution >= 0.6 is 0 Å². The number of hydrogen-bond donors (Lipinski definition) is 1. The second-order valence-corrected chi connectivity index (χ2v) is 9.38. The van der Waals surface area contributed by atoms with E-state index in [-0.39, 0.29) is 24.5 Å². The predicted octanol–water partition coefficient (Wildman–Crippen LogP) is 5.41. The van der Waals surface area contributed by atoms with Gasteiger partial charge in [0, 0.05) is 33.9 Å². The number of nitrogens with zero attached hydrogens (tertiary/aromatic N) is 2. The van der Waals surface area contributed by atoms with Crippen molar-refractivity contribution in [2.45, 2.75) is 25.4 Å². The average Bonchev–Trinajstić information content (AvgIpc) is 2.90. The molecule has 6 heteroatoms. The van der Waals surface area contributed by atoms with Crippen molar-refractivity contribution in [2.24, 2.45) is 0 Å². The first-order valence-corrected chi connectivity index (χ1v) is 12.1. The average molecular weight is 476 g/mol. The lowest BCUT2D eigenvalue weighted by atomic mass is 9.91. The number of amides is 3. The van der Waals surface area contributed by atoms with Crippen molar-refractivity contribution >= 4 is 39.9 Å². The number of nitrogens with one attached hydrogen (secondary N) is 1. The van der Waals surface area contributed by atoms with Gasteiger partial charge in [-0.25, -0.2) is 0 Å². The van der Waals surface area contributed by atoms with E-state index in [1.165, 1.54) is 0 Å². The summed E-state index contributed by atoms with van der Waals surface area (Å²) in [4.78, 5) is 43.2. The van der Waals surface area contributed by atoms with Crippen molar-refractivity contribution in [1.82, 2.24) is 4.90 Å². The van der Waals surface area contributed by atoms with Gasteiger partial charge >= 0.3 is 0 Å². The van der Waals surface area contributed by atoms with Crippen LogP contribution in [0.1, 0.15) is 45.7 Å². The first kappa shape index (κ1) is 22.0. The maximum Gasteiger partial charge on any atom is 0.261 e. The summed E-state index contributed by atoms with van der Waals surface area (Å²) in [5, 5.41) is 5.09. The van der Waals surface area contributed by atoms with Gasteiger partial charge < -0.3 is 10.2 Å². The molecular formula is C30H25N3O3. The summed E-state index contributed by atoms with van der Waals surface area (Å²) < 4.78 is 0. The summed E-state index contributed by atoms with van der Waals surface area (Å²) in [6, 6.07) is 28.5. The normalized spacial score (nSPS) is 18.8. The van der Waals surface area contributed by atoms with Crippen molar-refractivity contribution < 1.29 is 14.4 Å². The summed E-state index contributed by atoms with van der Waals surface area (Å²) in [6.07, 6.45) is 0.696. The van der Waals surface area contributed by atoms with Gasteiger partial charge in [-0.15, -0.1) is 0 Å². The molecule has 4 aromatic rings. The predicted molar refractivity (Wildman–Crippen MR) is 140 cm³/mol. The van der Waals surface area contributed by atoms with Crippen molar-refractivity contribution in [1.29, 1.82) is 0 Å². The molecule has 0 fully saturated rings. The van der Waals surface area contributed by atoms with E-state index in [0.717, 1.165) is 27.2 Å². The number of carbonyl (C=O) groups excluding carboxylic acids is 3. The first-order chi connectivity index (χ1) is 17.5. The van der Waals surface area contributed by atoms with E-state index in [1.807, 2.05) is 73.7 Å². The molecule has 0 saturated heterocycles. The highest BCUT2D eigenvalue weighted by Gasteiger charge is 2.38. The Bertz CT molecular complexity index is 1460. The summed E-state index contributed by atoms with van der Waals surface area (Å²) in [6.45, 7) is 1.70. The molecule has 0 saturated carbocycles. The number of rotatable bonds is 4. The van der Waals surface area contributed by atoms with Crippen LogP contribution in [0, 0.1) is 0 Å². The number of anilines is 2. The molecule has 0 spiro atoms. The van der Waals surface area contributed by atoms with Gasteiger partial charge in [0.05, 0.1) is 6.04 Å². The van der Waals surface area contributed by atoms with Crippen molar-refractivity contribution in [3.8, 4) is 0 Å². The highest BCUT2D eigenvalue weighted by atomic mass is 16.2. The van der Waals surface area contributed by atoms with Gasteiger partial charge in [0.2, 0.25) is 5.91 Å². The Morgan fingerprint density at radius 3 is 2.17 bits per heavy atom. The largest absolute Gasteiger partial charge is 0.378 e. The number of para-hydroxylation sites is 2. The molecule has 0 aliphatic carbocycles. The molecule has 6 rings (SSSR count). The number of carbonyl (C=O) groups is 3. The van der Waals surface area contributed by atoms with Crippen molar-refractivity contribution in [3.63, 3.8) is 0 Å². The monoisotopic (exact) mass is 475 g/mol. The topological polar surface area (TPSA) is 69.7 Å². The smallest absolute Gasteiger partial charge is 0.261 e. The number of fused-ring (bicyclic) bond motifs is 1. The van der Waals surface area contributed by atoms with Gasteiger partial charge in [-0.1, -0.05) is 60.7 Å². The fourth-order valence-electron chi connectivity index (χ4n) is 5.50. The summed E-state index contributed by atoms with van der Waals surface area (Å²) in [7, 11) is 0. The fourth-order valence-corrected chi connectivity index (χ4v) is 5.50. The molecule has 0 radical (unpaired) electrons. The second-order valence-electron chi connectivity index (χ2n) is 9.38. The van der Waals surface area contributed by atoms with Crippen LogP contribution in [0.5, 0.6) is 0 Å². The maximum absolute atomic E-state index is 13.7. The van der Waals surface area contributed by atoms with E-state index in [2.05, 4.69) is 5.32 Å². The van der Waals surface area contributed by atoms with Gasteiger partial charge in [-0.2, -0.15) is 0 Å². The Balaban J connectivity index is 1.30. The summed E-state index contributed by atoms with van der Waals surface area (Å²) >= 11 is 0. The SMILES string of the molecule is C[C@@H]1C[C@H](Nc2ccccc2)c2ccccc2N1C(=O)CN1C(=O)c2cccc3cccc(c23)C1=O. The van der Waals surface area contributed by atoms with Gasteiger partial charge in [0.25, 0.3) is 11.8 Å². The van der Waals surface area contributed by atoms with Gasteiger partial charge in [-0.05, 0) is 54.6 Å². The zero-order chi connectivity index (χ0) is 24.8. The molecule has 0 aromatic heterocycles. The minimum Gasteiger partial charge on any atom is -0.378 e. The molecule has 36 heavy (non-hydrogen) atoms. The Hall–Kier alpha value is -4.45. The Morgan fingerprint density at radius 1 is 0.833 bits per heavy atom. The van der Waals surface area contributed by atoms with Gasteiger partial charge in [-0.3, -0.25) is 19.3 Å². The lowest BCUT2D eigenvalue weighted by Crippen LogP contribution is -2.51. The number of benzene rings is 4. The number of hydrogen-bond acceptors (Lipinski definition) is 4. The van der Waals surface area contributed by atoms with Gasteiger partial charge in [0.1, 0.15) is 6.54 Å². The molecule has 2 aliphatic heterocycles. The molecular weight excluding hydrogens is 450 g/mol. The molecule has 0 bridgehead atoms.